The molecule has 1 aromatic heterocycles. The Balaban J connectivity index is 1.44. The zero-order valence-electron chi connectivity index (χ0n) is 13.3. The van der Waals surface area contributed by atoms with Crippen LogP contribution in [0.25, 0.3) is 0 Å². The first-order valence-corrected chi connectivity index (χ1v) is 8.97. The first-order chi connectivity index (χ1) is 11.2. The molecule has 0 spiro atoms. The zero-order valence-corrected chi connectivity index (χ0v) is 14.1. The summed E-state index contributed by atoms with van der Waals surface area (Å²) in [5.41, 5.74) is 3.55. The van der Waals surface area contributed by atoms with Crippen LogP contribution in [0, 0.1) is 6.92 Å². The Labute approximate surface area is 140 Å². The number of aromatic nitrogens is 2. The topological polar surface area (TPSA) is 69.8 Å². The minimum absolute atomic E-state index is 0.0828. The number of hydrogen-bond acceptors (Lipinski definition) is 3. The van der Waals surface area contributed by atoms with Gasteiger partial charge in [-0.2, -0.15) is 5.10 Å². The normalized spacial score (nSPS) is 16.7. The van der Waals surface area contributed by atoms with Crippen molar-refractivity contribution in [3.63, 3.8) is 0 Å². The lowest BCUT2D eigenvalue weighted by molar-refractivity contribution is 0.236. The van der Waals surface area contributed by atoms with E-state index >= 15 is 0 Å². The Morgan fingerprint density at radius 3 is 3.13 bits per heavy atom. The van der Waals surface area contributed by atoms with Crippen molar-refractivity contribution in [2.24, 2.45) is 0 Å². The number of benzene rings is 1. The van der Waals surface area contributed by atoms with E-state index in [2.05, 4.69) is 33.0 Å². The predicted molar refractivity (Wildman–Crippen MR) is 92.7 cm³/mol. The molecule has 1 atom stereocenters. The Bertz CT molecular complexity index is 670. The summed E-state index contributed by atoms with van der Waals surface area (Å²) in [4.78, 5) is 13.4. The van der Waals surface area contributed by atoms with E-state index in [4.69, 9.17) is 0 Å². The van der Waals surface area contributed by atoms with Crippen LogP contribution in [0.15, 0.2) is 35.4 Å². The van der Waals surface area contributed by atoms with E-state index in [9.17, 15) is 4.79 Å². The number of hydrogen-bond donors (Lipinski definition) is 3. The summed E-state index contributed by atoms with van der Waals surface area (Å²) in [5.74, 6) is 1.04. The van der Waals surface area contributed by atoms with Crippen molar-refractivity contribution >= 4 is 17.8 Å². The lowest BCUT2D eigenvalue weighted by Crippen LogP contribution is -2.39. The van der Waals surface area contributed by atoms with Crippen molar-refractivity contribution < 1.29 is 4.79 Å². The predicted octanol–water partition coefficient (Wildman–Crippen LogP) is 3.19. The third-order valence-corrected chi connectivity index (χ3v) is 5.23. The number of carbonyl (C=O) groups excluding carboxylic acids is 1. The summed E-state index contributed by atoms with van der Waals surface area (Å²) in [6, 6.07) is 8.34. The highest BCUT2D eigenvalue weighted by atomic mass is 32.2. The van der Waals surface area contributed by atoms with Crippen molar-refractivity contribution in [3.8, 4) is 0 Å². The highest BCUT2D eigenvalue weighted by Crippen LogP contribution is 2.35. The first kappa shape index (κ1) is 15.9. The number of nitrogens with zero attached hydrogens (tertiary/aromatic N) is 1. The second-order valence-corrected chi connectivity index (χ2v) is 6.89. The SMILES string of the molecule is Cc1[nH]ncc1CCCNC(=O)N[C@H]1CCSc2ccccc21. The summed E-state index contributed by atoms with van der Waals surface area (Å²) in [7, 11) is 0. The standard InChI is InChI=1S/C17H22N4OS/c1-12-13(11-19-21-12)5-4-9-18-17(22)20-15-8-10-23-16-7-3-2-6-14(15)16/h2-3,6-7,11,15H,4-5,8-10H2,1H3,(H,19,21)(H2,18,20,22)/t15-/m0/s1. The van der Waals surface area contributed by atoms with Crippen LogP contribution in [0.3, 0.4) is 0 Å². The molecule has 0 fully saturated rings. The van der Waals surface area contributed by atoms with Gasteiger partial charge in [-0.25, -0.2) is 4.79 Å². The molecule has 0 saturated carbocycles. The van der Waals surface area contributed by atoms with Gasteiger partial charge in [0, 0.05) is 22.9 Å². The Kier molecular flexibility index (Phi) is 5.23. The van der Waals surface area contributed by atoms with Gasteiger partial charge in [0.1, 0.15) is 0 Å². The largest absolute Gasteiger partial charge is 0.338 e. The van der Waals surface area contributed by atoms with E-state index in [-0.39, 0.29) is 12.1 Å². The number of urea groups is 1. The lowest BCUT2D eigenvalue weighted by Gasteiger charge is -2.25. The van der Waals surface area contributed by atoms with Gasteiger partial charge in [0.25, 0.3) is 0 Å². The van der Waals surface area contributed by atoms with Crippen molar-refractivity contribution in [2.75, 3.05) is 12.3 Å². The molecule has 2 amide bonds. The van der Waals surface area contributed by atoms with Gasteiger partial charge < -0.3 is 10.6 Å². The molecule has 0 saturated heterocycles. The van der Waals surface area contributed by atoms with E-state index in [1.165, 1.54) is 16.0 Å². The molecule has 5 nitrogen and oxygen atoms in total. The second kappa shape index (κ2) is 7.55. The molecule has 6 heteroatoms. The zero-order chi connectivity index (χ0) is 16.1. The average molecular weight is 330 g/mol. The van der Waals surface area contributed by atoms with Crippen LogP contribution in [-0.2, 0) is 6.42 Å². The molecule has 1 aliphatic rings. The van der Waals surface area contributed by atoms with Gasteiger partial charge in [-0.15, -0.1) is 11.8 Å². The van der Waals surface area contributed by atoms with Crippen molar-refractivity contribution in [1.29, 1.82) is 0 Å². The fourth-order valence-corrected chi connectivity index (χ4v) is 3.93. The van der Waals surface area contributed by atoms with Gasteiger partial charge in [0.15, 0.2) is 0 Å². The Hall–Kier alpha value is -1.95. The molecule has 2 heterocycles. The molecule has 1 aromatic carbocycles. The summed E-state index contributed by atoms with van der Waals surface area (Å²) in [6.07, 6.45) is 4.66. The van der Waals surface area contributed by atoms with E-state index < -0.39 is 0 Å². The minimum Gasteiger partial charge on any atom is -0.338 e. The van der Waals surface area contributed by atoms with Crippen LogP contribution in [0.1, 0.15) is 35.7 Å². The molecule has 0 aliphatic carbocycles. The lowest BCUT2D eigenvalue weighted by atomic mass is 10.0. The quantitative estimate of drug-likeness (QED) is 0.738. The first-order valence-electron chi connectivity index (χ1n) is 7.99. The maximum Gasteiger partial charge on any atom is 0.315 e. The van der Waals surface area contributed by atoms with Gasteiger partial charge in [-0.3, -0.25) is 5.10 Å². The average Bonchev–Trinajstić information content (AvgIpc) is 2.97. The fraction of sp³-hybridized carbons (Fsp3) is 0.412. The van der Waals surface area contributed by atoms with Crippen LogP contribution in [0.2, 0.25) is 0 Å². The molecule has 3 rings (SSSR count). The van der Waals surface area contributed by atoms with Crippen molar-refractivity contribution in [1.82, 2.24) is 20.8 Å². The molecule has 3 N–H and O–H groups in total. The number of aryl methyl sites for hydroxylation is 2. The number of amides is 2. The molecule has 2 aromatic rings. The molecule has 1 aliphatic heterocycles. The molecular formula is C17H22N4OS. The van der Waals surface area contributed by atoms with Crippen LogP contribution in [-0.4, -0.2) is 28.5 Å². The Morgan fingerprint density at radius 2 is 2.30 bits per heavy atom. The molecular weight excluding hydrogens is 308 g/mol. The van der Waals surface area contributed by atoms with Gasteiger partial charge in [0.05, 0.1) is 12.2 Å². The number of rotatable bonds is 5. The van der Waals surface area contributed by atoms with Gasteiger partial charge in [-0.1, -0.05) is 18.2 Å². The van der Waals surface area contributed by atoms with Gasteiger partial charge in [0.2, 0.25) is 0 Å². The van der Waals surface area contributed by atoms with Crippen LogP contribution >= 0.6 is 11.8 Å². The molecule has 0 unspecified atom stereocenters. The van der Waals surface area contributed by atoms with Crippen LogP contribution < -0.4 is 10.6 Å². The smallest absolute Gasteiger partial charge is 0.315 e. The number of fused-ring (bicyclic) bond motifs is 1. The van der Waals surface area contributed by atoms with Crippen molar-refractivity contribution in [3.05, 3.63) is 47.3 Å². The number of carbonyl (C=O) groups is 1. The van der Waals surface area contributed by atoms with Crippen LogP contribution in [0.4, 0.5) is 4.79 Å². The molecule has 0 bridgehead atoms. The van der Waals surface area contributed by atoms with Crippen molar-refractivity contribution in [2.45, 2.75) is 37.1 Å². The number of thioether (sulfide) groups is 1. The second-order valence-electron chi connectivity index (χ2n) is 5.75. The highest BCUT2D eigenvalue weighted by molar-refractivity contribution is 7.99. The summed E-state index contributed by atoms with van der Waals surface area (Å²) >= 11 is 1.86. The fourth-order valence-electron chi connectivity index (χ4n) is 2.81. The highest BCUT2D eigenvalue weighted by Gasteiger charge is 2.21. The third kappa shape index (κ3) is 4.07. The number of H-pyrrole nitrogens is 1. The van der Waals surface area contributed by atoms with E-state index in [0.29, 0.717) is 6.54 Å². The van der Waals surface area contributed by atoms with Crippen LogP contribution in [0.5, 0.6) is 0 Å². The van der Waals surface area contributed by atoms with E-state index in [0.717, 1.165) is 30.7 Å². The molecule has 0 radical (unpaired) electrons. The van der Waals surface area contributed by atoms with Gasteiger partial charge >= 0.3 is 6.03 Å². The number of nitrogens with one attached hydrogen (secondary N) is 3. The Morgan fingerprint density at radius 1 is 1.43 bits per heavy atom. The minimum atomic E-state index is -0.0828. The maximum atomic E-state index is 12.1. The summed E-state index contributed by atoms with van der Waals surface area (Å²) in [6.45, 7) is 2.68. The van der Waals surface area contributed by atoms with E-state index in [1.807, 2.05) is 37.0 Å². The summed E-state index contributed by atoms with van der Waals surface area (Å²) < 4.78 is 0. The molecule has 122 valence electrons. The monoisotopic (exact) mass is 330 g/mol. The van der Waals surface area contributed by atoms with E-state index in [1.54, 1.807) is 0 Å². The van der Waals surface area contributed by atoms with Gasteiger partial charge in [-0.05, 0) is 43.4 Å². The third-order valence-electron chi connectivity index (χ3n) is 4.11. The molecule has 23 heavy (non-hydrogen) atoms. The summed E-state index contributed by atoms with van der Waals surface area (Å²) in [5, 5.41) is 13.0. The number of aromatic amines is 1. The maximum absolute atomic E-state index is 12.1.